The van der Waals surface area contributed by atoms with Gasteiger partial charge in [-0.1, -0.05) is 10.2 Å². The van der Waals surface area contributed by atoms with Crippen molar-refractivity contribution in [1.82, 2.24) is 4.90 Å². The lowest BCUT2D eigenvalue weighted by atomic mass is 9.64. The van der Waals surface area contributed by atoms with Crippen LogP contribution in [-0.4, -0.2) is 36.6 Å². The van der Waals surface area contributed by atoms with Crippen molar-refractivity contribution >= 4 is 11.6 Å². The molecule has 2 aliphatic heterocycles. The first kappa shape index (κ1) is 17.7. The zero-order valence-corrected chi connectivity index (χ0v) is 15.0. The van der Waals surface area contributed by atoms with E-state index in [1.165, 1.54) is 12.8 Å². The summed E-state index contributed by atoms with van der Waals surface area (Å²) in [5.41, 5.74) is 19.0. The first-order chi connectivity index (χ1) is 13.2. The Labute approximate surface area is 156 Å². The second-order valence-electron chi connectivity index (χ2n) is 7.66. The number of amides is 1. The summed E-state index contributed by atoms with van der Waals surface area (Å²) in [6.07, 6.45) is 4.38. The van der Waals surface area contributed by atoms with Crippen LogP contribution in [0.15, 0.2) is 28.4 Å². The van der Waals surface area contributed by atoms with Crippen molar-refractivity contribution in [2.45, 2.75) is 38.3 Å². The Hall–Kier alpha value is -2.73. The van der Waals surface area contributed by atoms with Crippen LogP contribution in [0.2, 0.25) is 0 Å². The van der Waals surface area contributed by atoms with Crippen molar-refractivity contribution in [3.63, 3.8) is 0 Å². The molecule has 3 aliphatic rings. The van der Waals surface area contributed by atoms with Crippen LogP contribution < -0.4 is 0 Å². The van der Waals surface area contributed by atoms with Gasteiger partial charge in [-0.05, 0) is 66.4 Å². The van der Waals surface area contributed by atoms with Gasteiger partial charge in [0.05, 0.1) is 6.54 Å². The van der Waals surface area contributed by atoms with E-state index in [9.17, 15) is 4.79 Å². The van der Waals surface area contributed by atoms with Crippen molar-refractivity contribution in [3.05, 3.63) is 50.2 Å². The van der Waals surface area contributed by atoms with Crippen LogP contribution in [0.3, 0.4) is 0 Å². The van der Waals surface area contributed by atoms with Crippen molar-refractivity contribution in [2.24, 2.45) is 21.6 Å². The van der Waals surface area contributed by atoms with Gasteiger partial charge in [0.1, 0.15) is 0 Å². The van der Waals surface area contributed by atoms with Crippen LogP contribution in [0, 0.1) is 11.3 Å². The maximum atomic E-state index is 13.2. The number of benzene rings is 1. The highest BCUT2D eigenvalue weighted by Crippen LogP contribution is 2.55. The Bertz CT molecular complexity index is 847. The van der Waals surface area contributed by atoms with E-state index in [4.69, 9.17) is 15.8 Å². The zero-order chi connectivity index (χ0) is 18.9. The van der Waals surface area contributed by atoms with Crippen molar-refractivity contribution < 1.29 is 9.53 Å². The molecule has 2 saturated heterocycles. The third kappa shape index (κ3) is 3.32. The van der Waals surface area contributed by atoms with Crippen LogP contribution in [-0.2, 0) is 11.3 Å². The van der Waals surface area contributed by atoms with E-state index in [0.29, 0.717) is 22.7 Å². The van der Waals surface area contributed by atoms with Gasteiger partial charge in [-0.15, -0.1) is 0 Å². The number of hydrogen-bond acceptors (Lipinski definition) is 4. The molecule has 1 amide bonds. The van der Waals surface area contributed by atoms with Crippen LogP contribution in [0.4, 0.5) is 5.69 Å². The SMILES string of the molecule is [N-]=[N+]=NCc1cc(N=[N+]=[N-])cc(C(=O)N2CC3(CCOCC3)C2C2CC2)c1. The van der Waals surface area contributed by atoms with E-state index >= 15 is 0 Å². The first-order valence-corrected chi connectivity index (χ1v) is 9.25. The van der Waals surface area contributed by atoms with E-state index in [-0.39, 0.29) is 23.9 Å². The molecule has 1 aromatic carbocycles. The Morgan fingerprint density at radius 1 is 1.22 bits per heavy atom. The molecule has 1 aliphatic carbocycles. The summed E-state index contributed by atoms with van der Waals surface area (Å²) in [4.78, 5) is 20.8. The molecule has 140 valence electrons. The summed E-state index contributed by atoms with van der Waals surface area (Å²) in [6, 6.07) is 5.25. The van der Waals surface area contributed by atoms with Gasteiger partial charge < -0.3 is 9.64 Å². The van der Waals surface area contributed by atoms with Gasteiger partial charge in [-0.3, -0.25) is 4.79 Å². The average molecular weight is 367 g/mol. The standard InChI is InChI=1S/C18H21N7O2/c19-23-21-10-12-7-14(9-15(8-12)22-24-20)17(26)25-11-18(3-5-27-6-4-18)16(25)13-1-2-13/h7-9,13,16H,1-6,10-11H2. The molecule has 2 heterocycles. The molecule has 27 heavy (non-hydrogen) atoms. The minimum atomic E-state index is -0.0406. The number of rotatable bonds is 5. The number of ether oxygens (including phenoxy) is 1. The van der Waals surface area contributed by atoms with Crippen molar-refractivity contribution in [2.75, 3.05) is 19.8 Å². The third-order valence-corrected chi connectivity index (χ3v) is 5.97. The molecule has 9 heteroatoms. The predicted octanol–water partition coefficient (Wildman–Crippen LogP) is 4.47. The van der Waals surface area contributed by atoms with Gasteiger partial charge in [0, 0.05) is 52.3 Å². The van der Waals surface area contributed by atoms with Crippen molar-refractivity contribution in [1.29, 1.82) is 0 Å². The highest BCUT2D eigenvalue weighted by molar-refractivity contribution is 5.96. The Morgan fingerprint density at radius 3 is 2.67 bits per heavy atom. The third-order valence-electron chi connectivity index (χ3n) is 5.97. The summed E-state index contributed by atoms with van der Waals surface area (Å²) in [7, 11) is 0. The minimum Gasteiger partial charge on any atom is -0.381 e. The average Bonchev–Trinajstić information content (AvgIpc) is 3.49. The van der Waals surface area contributed by atoms with Gasteiger partial charge in [0.25, 0.3) is 5.91 Å². The molecule has 1 atom stereocenters. The van der Waals surface area contributed by atoms with Crippen LogP contribution in [0.5, 0.6) is 0 Å². The molecule has 1 unspecified atom stereocenters. The maximum Gasteiger partial charge on any atom is 0.254 e. The van der Waals surface area contributed by atoms with Crippen LogP contribution in [0.25, 0.3) is 20.9 Å². The van der Waals surface area contributed by atoms with Crippen molar-refractivity contribution in [3.8, 4) is 0 Å². The monoisotopic (exact) mass is 367 g/mol. The summed E-state index contributed by atoms with van der Waals surface area (Å²) in [5.74, 6) is 0.546. The van der Waals surface area contributed by atoms with Gasteiger partial charge in [0.15, 0.2) is 0 Å². The molecular weight excluding hydrogens is 346 g/mol. The summed E-state index contributed by atoms with van der Waals surface area (Å²) in [6.45, 7) is 2.41. The number of carbonyl (C=O) groups excluding carboxylic acids is 1. The Morgan fingerprint density at radius 2 is 2.00 bits per heavy atom. The summed E-state index contributed by atoms with van der Waals surface area (Å²) in [5, 5.41) is 7.18. The highest BCUT2D eigenvalue weighted by atomic mass is 16.5. The molecular formula is C18H21N7O2. The Balaban J connectivity index is 1.61. The van der Waals surface area contributed by atoms with Crippen LogP contribution in [0.1, 0.15) is 41.6 Å². The fraction of sp³-hybridized carbons (Fsp3) is 0.611. The molecule has 1 saturated carbocycles. The topological polar surface area (TPSA) is 127 Å². The highest BCUT2D eigenvalue weighted by Gasteiger charge is 2.59. The van der Waals surface area contributed by atoms with Gasteiger partial charge >= 0.3 is 0 Å². The number of likely N-dealkylation sites (tertiary alicyclic amines) is 1. The fourth-order valence-electron chi connectivity index (χ4n) is 4.62. The molecule has 9 nitrogen and oxygen atoms in total. The molecule has 0 radical (unpaired) electrons. The number of azide groups is 2. The molecule has 3 fully saturated rings. The zero-order valence-electron chi connectivity index (χ0n) is 15.0. The fourth-order valence-corrected chi connectivity index (χ4v) is 4.62. The van der Waals surface area contributed by atoms with Gasteiger partial charge in [-0.25, -0.2) is 0 Å². The second-order valence-corrected chi connectivity index (χ2v) is 7.66. The van der Waals surface area contributed by atoms with E-state index < -0.39 is 0 Å². The lowest BCUT2D eigenvalue weighted by Gasteiger charge is -2.59. The van der Waals surface area contributed by atoms with E-state index in [1.807, 2.05) is 4.90 Å². The number of carbonyl (C=O) groups is 1. The smallest absolute Gasteiger partial charge is 0.254 e. The maximum absolute atomic E-state index is 13.2. The number of hydrogen-bond donors (Lipinski definition) is 0. The Kier molecular flexibility index (Phi) is 4.66. The van der Waals surface area contributed by atoms with Gasteiger partial charge in [0.2, 0.25) is 0 Å². The minimum absolute atomic E-state index is 0.0406. The molecule has 1 aromatic rings. The van der Waals surface area contributed by atoms with Gasteiger partial charge in [-0.2, -0.15) is 0 Å². The first-order valence-electron chi connectivity index (χ1n) is 9.25. The second kappa shape index (κ2) is 7.12. The summed E-state index contributed by atoms with van der Waals surface area (Å²) < 4.78 is 5.54. The number of nitrogens with zero attached hydrogens (tertiary/aromatic N) is 7. The lowest BCUT2D eigenvalue weighted by molar-refractivity contribution is -0.120. The molecule has 0 aromatic heterocycles. The molecule has 0 N–H and O–H groups in total. The summed E-state index contributed by atoms with van der Waals surface area (Å²) >= 11 is 0. The largest absolute Gasteiger partial charge is 0.381 e. The molecule has 4 rings (SSSR count). The van der Waals surface area contributed by atoms with E-state index in [1.54, 1.807) is 18.2 Å². The molecule has 1 spiro atoms. The normalized spacial score (nSPS) is 23.1. The predicted molar refractivity (Wildman–Crippen MR) is 98.1 cm³/mol. The quantitative estimate of drug-likeness (QED) is 0.432. The molecule has 0 bridgehead atoms. The van der Waals surface area contributed by atoms with E-state index in [2.05, 4.69) is 20.1 Å². The van der Waals surface area contributed by atoms with E-state index in [0.717, 1.165) is 32.6 Å². The lowest BCUT2D eigenvalue weighted by Crippen LogP contribution is -2.68. The van der Waals surface area contributed by atoms with Crippen LogP contribution >= 0.6 is 0 Å².